The molecule has 1 aliphatic rings. The van der Waals surface area contributed by atoms with Crippen LogP contribution >= 0.6 is 11.8 Å². The summed E-state index contributed by atoms with van der Waals surface area (Å²) in [6.07, 6.45) is 2.77. The lowest BCUT2D eigenvalue weighted by Crippen LogP contribution is -2.55. The van der Waals surface area contributed by atoms with Gasteiger partial charge in [0.2, 0.25) is 11.7 Å². The molecule has 5 rings (SSSR count). The second-order valence-electron chi connectivity index (χ2n) is 9.82. The number of hydrogen-bond acceptors (Lipinski definition) is 7. The number of amides is 2. The Labute approximate surface area is 238 Å². The average molecular weight is 560 g/mol. The molecule has 10 heteroatoms. The number of aromatic nitrogens is 3. The highest BCUT2D eigenvalue weighted by atomic mass is 32.2. The van der Waals surface area contributed by atoms with Crippen molar-refractivity contribution in [1.29, 1.82) is 0 Å². The minimum Gasteiger partial charge on any atom is -0.497 e. The van der Waals surface area contributed by atoms with Crippen LogP contribution in [0.3, 0.4) is 0 Å². The molecular weight excluding hydrogens is 526 g/mol. The summed E-state index contributed by atoms with van der Waals surface area (Å²) < 4.78 is 12.8. The molecule has 0 saturated carbocycles. The van der Waals surface area contributed by atoms with Gasteiger partial charge >= 0.3 is 0 Å². The van der Waals surface area contributed by atoms with Crippen molar-refractivity contribution in [2.24, 2.45) is 0 Å². The van der Waals surface area contributed by atoms with Crippen LogP contribution < -0.4 is 4.74 Å². The molecule has 1 unspecified atom stereocenters. The number of piperazine rings is 1. The smallest absolute Gasteiger partial charge is 0.254 e. The highest BCUT2D eigenvalue weighted by Gasteiger charge is 2.30. The van der Waals surface area contributed by atoms with Gasteiger partial charge in [0.25, 0.3) is 5.91 Å². The van der Waals surface area contributed by atoms with Crippen LogP contribution in [0.4, 0.5) is 0 Å². The summed E-state index contributed by atoms with van der Waals surface area (Å²) in [5.74, 6) is 2.81. The van der Waals surface area contributed by atoms with Gasteiger partial charge in [0.05, 0.1) is 13.4 Å². The molecule has 1 fully saturated rings. The summed E-state index contributed by atoms with van der Waals surface area (Å²) in [5.41, 5.74) is 2.75. The van der Waals surface area contributed by atoms with E-state index in [0.717, 1.165) is 16.6 Å². The third-order valence-corrected chi connectivity index (χ3v) is 8.03. The normalized spacial score (nSPS) is 15.3. The number of thioether (sulfide) groups is 1. The lowest BCUT2D eigenvalue weighted by atomic mass is 10.1. The molecule has 0 radical (unpaired) electrons. The SMILES string of the molecule is COc1ccc(C(=O)N2CCN(C(=O)CCCSc3nnc(-c4ccco4)n3-c3ccc(C)cc3)CC2C)cc1. The van der Waals surface area contributed by atoms with Gasteiger partial charge in [-0.05, 0) is 68.8 Å². The van der Waals surface area contributed by atoms with E-state index in [-0.39, 0.29) is 17.9 Å². The summed E-state index contributed by atoms with van der Waals surface area (Å²) in [7, 11) is 1.60. The maximum Gasteiger partial charge on any atom is 0.254 e. The molecule has 208 valence electrons. The van der Waals surface area contributed by atoms with Gasteiger partial charge in [-0.15, -0.1) is 10.2 Å². The molecule has 2 amide bonds. The van der Waals surface area contributed by atoms with Gasteiger partial charge in [-0.25, -0.2) is 0 Å². The van der Waals surface area contributed by atoms with Crippen molar-refractivity contribution < 1.29 is 18.7 Å². The highest BCUT2D eigenvalue weighted by Crippen LogP contribution is 2.29. The van der Waals surface area contributed by atoms with Crippen LogP contribution in [-0.4, -0.2) is 74.9 Å². The first-order valence-electron chi connectivity index (χ1n) is 13.4. The summed E-state index contributed by atoms with van der Waals surface area (Å²) in [6.45, 7) is 5.62. The first-order chi connectivity index (χ1) is 19.4. The van der Waals surface area contributed by atoms with Gasteiger partial charge in [-0.1, -0.05) is 29.5 Å². The molecule has 1 atom stereocenters. The molecule has 2 aromatic carbocycles. The van der Waals surface area contributed by atoms with E-state index >= 15 is 0 Å². The van der Waals surface area contributed by atoms with Crippen molar-refractivity contribution >= 4 is 23.6 Å². The van der Waals surface area contributed by atoms with Crippen molar-refractivity contribution in [3.05, 3.63) is 78.1 Å². The lowest BCUT2D eigenvalue weighted by molar-refractivity contribution is -0.133. The van der Waals surface area contributed by atoms with Crippen LogP contribution in [0.1, 0.15) is 35.7 Å². The first kappa shape index (κ1) is 27.5. The molecular formula is C30H33N5O4S. The Bertz CT molecular complexity index is 1430. The summed E-state index contributed by atoms with van der Waals surface area (Å²) >= 11 is 1.57. The van der Waals surface area contributed by atoms with Crippen LogP contribution in [0, 0.1) is 6.92 Å². The Kier molecular flexibility index (Phi) is 8.54. The van der Waals surface area contributed by atoms with Gasteiger partial charge < -0.3 is 19.0 Å². The van der Waals surface area contributed by atoms with Gasteiger partial charge in [-0.3, -0.25) is 14.2 Å². The topological polar surface area (TPSA) is 93.7 Å². The molecule has 1 saturated heterocycles. The monoisotopic (exact) mass is 559 g/mol. The Morgan fingerprint density at radius 2 is 1.82 bits per heavy atom. The predicted molar refractivity (Wildman–Crippen MR) is 154 cm³/mol. The minimum absolute atomic E-state index is 0.0229. The minimum atomic E-state index is -0.0604. The van der Waals surface area contributed by atoms with Crippen LogP contribution in [0.5, 0.6) is 5.75 Å². The second kappa shape index (κ2) is 12.4. The maximum atomic E-state index is 13.0. The molecule has 0 N–H and O–H groups in total. The number of aryl methyl sites for hydroxylation is 1. The largest absolute Gasteiger partial charge is 0.497 e. The predicted octanol–water partition coefficient (Wildman–Crippen LogP) is 5.09. The van der Waals surface area contributed by atoms with E-state index in [2.05, 4.69) is 29.3 Å². The summed E-state index contributed by atoms with van der Waals surface area (Å²) in [6, 6.07) is 19.0. The van der Waals surface area contributed by atoms with Crippen LogP contribution in [0.2, 0.25) is 0 Å². The molecule has 2 aromatic heterocycles. The van der Waals surface area contributed by atoms with Crippen molar-refractivity contribution in [2.75, 3.05) is 32.5 Å². The Morgan fingerprint density at radius 3 is 2.50 bits per heavy atom. The molecule has 1 aliphatic heterocycles. The highest BCUT2D eigenvalue weighted by molar-refractivity contribution is 7.99. The zero-order valence-corrected chi connectivity index (χ0v) is 23.8. The summed E-state index contributed by atoms with van der Waals surface area (Å²) in [5, 5.41) is 9.56. The van der Waals surface area contributed by atoms with Crippen LogP contribution in [0.15, 0.2) is 76.5 Å². The Balaban J connectivity index is 1.15. The molecule has 0 bridgehead atoms. The number of rotatable bonds is 9. The number of hydrogen-bond donors (Lipinski definition) is 0. The number of carbonyl (C=O) groups excluding carboxylic acids is 2. The number of benzene rings is 2. The number of ether oxygens (including phenoxy) is 1. The van der Waals surface area contributed by atoms with Crippen molar-refractivity contribution in [3.63, 3.8) is 0 Å². The molecule has 4 aromatic rings. The number of methoxy groups -OCH3 is 1. The second-order valence-corrected chi connectivity index (χ2v) is 10.9. The fourth-order valence-electron chi connectivity index (χ4n) is 4.79. The van der Waals surface area contributed by atoms with E-state index in [1.165, 1.54) is 5.56 Å². The maximum absolute atomic E-state index is 13.0. The third kappa shape index (κ3) is 6.07. The Hall–Kier alpha value is -4.05. The van der Waals surface area contributed by atoms with E-state index in [1.54, 1.807) is 49.4 Å². The van der Waals surface area contributed by atoms with Crippen LogP contribution in [0.25, 0.3) is 17.3 Å². The van der Waals surface area contributed by atoms with Crippen molar-refractivity contribution in [3.8, 4) is 23.0 Å². The Morgan fingerprint density at radius 1 is 1.05 bits per heavy atom. The van der Waals surface area contributed by atoms with Crippen molar-refractivity contribution in [1.82, 2.24) is 24.6 Å². The summed E-state index contributed by atoms with van der Waals surface area (Å²) in [4.78, 5) is 29.7. The van der Waals surface area contributed by atoms with E-state index in [4.69, 9.17) is 9.15 Å². The quantitative estimate of drug-likeness (QED) is 0.208. The first-order valence-corrected chi connectivity index (χ1v) is 14.3. The van der Waals surface area contributed by atoms with Gasteiger partial charge in [0, 0.05) is 49.1 Å². The zero-order valence-electron chi connectivity index (χ0n) is 22.9. The molecule has 3 heterocycles. The number of carbonyl (C=O) groups is 2. The zero-order chi connectivity index (χ0) is 28.1. The van der Waals surface area contributed by atoms with Crippen LogP contribution in [-0.2, 0) is 4.79 Å². The number of nitrogens with zero attached hydrogens (tertiary/aromatic N) is 5. The van der Waals surface area contributed by atoms with E-state index in [0.29, 0.717) is 55.4 Å². The molecule has 0 spiro atoms. The van der Waals surface area contributed by atoms with Gasteiger partial charge in [0.1, 0.15) is 5.75 Å². The molecule has 40 heavy (non-hydrogen) atoms. The van der Waals surface area contributed by atoms with E-state index in [1.807, 2.05) is 45.6 Å². The van der Waals surface area contributed by atoms with Gasteiger partial charge in [-0.2, -0.15) is 0 Å². The third-order valence-electron chi connectivity index (χ3n) is 7.01. The van der Waals surface area contributed by atoms with Gasteiger partial charge in [0.15, 0.2) is 10.9 Å². The number of furan rings is 1. The van der Waals surface area contributed by atoms with E-state index in [9.17, 15) is 9.59 Å². The fourth-order valence-corrected chi connectivity index (χ4v) is 5.68. The van der Waals surface area contributed by atoms with E-state index < -0.39 is 0 Å². The lowest BCUT2D eigenvalue weighted by Gasteiger charge is -2.40. The molecule has 0 aliphatic carbocycles. The average Bonchev–Trinajstić information content (AvgIpc) is 3.66. The molecule has 9 nitrogen and oxygen atoms in total. The van der Waals surface area contributed by atoms with Crippen molar-refractivity contribution in [2.45, 2.75) is 37.9 Å². The fraction of sp³-hybridized carbons (Fsp3) is 0.333. The standard InChI is InChI=1S/C30H33N5O4S/c1-21-8-12-24(13-9-21)35-28(26-6-4-18-39-26)31-32-30(35)40-19-5-7-27(36)33-16-17-34(22(2)20-33)29(37)23-10-14-25(38-3)15-11-23/h4,6,8-15,18,22H,5,7,16-17,19-20H2,1-3H3.